The number of hydrogen-bond acceptors (Lipinski definition) is 3. The molecule has 1 aliphatic rings. The molecule has 0 amide bonds. The maximum absolute atomic E-state index is 11.9. The van der Waals surface area contributed by atoms with Gasteiger partial charge in [0.15, 0.2) is 0 Å². The molecule has 0 aromatic heterocycles. The van der Waals surface area contributed by atoms with Crippen LogP contribution in [0.5, 0.6) is 5.75 Å². The molecule has 33 heavy (non-hydrogen) atoms. The third kappa shape index (κ3) is 6.41. The summed E-state index contributed by atoms with van der Waals surface area (Å²) in [5.41, 5.74) is 4.86. The van der Waals surface area contributed by atoms with Crippen LogP contribution in [0.15, 0.2) is 36.4 Å². The molecule has 0 atom stereocenters. The molecule has 0 unspecified atom stereocenters. The average Bonchev–Trinajstić information content (AvgIpc) is 2.74. The number of fused-ring (bicyclic) bond motifs is 1. The lowest BCUT2D eigenvalue weighted by molar-refractivity contribution is 0.0521. The quantitative estimate of drug-likeness (QED) is 0.256. The van der Waals surface area contributed by atoms with Crippen molar-refractivity contribution in [3.8, 4) is 17.6 Å². The second-order valence-corrected chi connectivity index (χ2v) is 10.3. The number of benzene rings is 2. The van der Waals surface area contributed by atoms with E-state index in [-0.39, 0.29) is 17.0 Å². The summed E-state index contributed by atoms with van der Waals surface area (Å²) < 4.78 is 11.5. The van der Waals surface area contributed by atoms with Crippen LogP contribution in [0.1, 0.15) is 106 Å². The zero-order chi connectivity index (χ0) is 24.1. The molecule has 0 spiro atoms. The highest BCUT2D eigenvalue weighted by Crippen LogP contribution is 2.45. The van der Waals surface area contributed by atoms with Crippen LogP contribution in [0.3, 0.4) is 0 Å². The Morgan fingerprint density at radius 3 is 2.39 bits per heavy atom. The highest BCUT2D eigenvalue weighted by molar-refractivity contribution is 5.89. The van der Waals surface area contributed by atoms with Crippen molar-refractivity contribution in [2.45, 2.75) is 91.1 Å². The molecular formula is C30H38O3. The number of carbonyl (C=O) groups excluding carboxylic acids is 1. The molecule has 3 nitrogen and oxygen atoms in total. The molecule has 176 valence electrons. The van der Waals surface area contributed by atoms with Crippen LogP contribution in [0.25, 0.3) is 0 Å². The van der Waals surface area contributed by atoms with Gasteiger partial charge in [0.2, 0.25) is 0 Å². The van der Waals surface area contributed by atoms with E-state index in [0.717, 1.165) is 36.1 Å². The third-order valence-electron chi connectivity index (χ3n) is 6.23. The number of carbonyl (C=O) groups is 1. The summed E-state index contributed by atoms with van der Waals surface area (Å²) in [6.07, 6.45) is 6.84. The normalized spacial score (nSPS) is 15.6. The molecule has 0 fully saturated rings. The van der Waals surface area contributed by atoms with Crippen molar-refractivity contribution in [2.24, 2.45) is 0 Å². The molecule has 0 N–H and O–H groups in total. The minimum atomic E-state index is -0.300. The molecule has 0 radical (unpaired) electrons. The first kappa shape index (κ1) is 24.9. The Labute approximate surface area is 199 Å². The highest BCUT2D eigenvalue weighted by atomic mass is 16.5. The summed E-state index contributed by atoms with van der Waals surface area (Å²) in [5, 5.41) is 0. The van der Waals surface area contributed by atoms with Crippen LogP contribution < -0.4 is 4.74 Å². The maximum atomic E-state index is 11.9. The molecular weight excluding hydrogens is 408 g/mol. The smallest absolute Gasteiger partial charge is 0.338 e. The Balaban J connectivity index is 1.94. The number of hydrogen-bond donors (Lipinski definition) is 0. The monoisotopic (exact) mass is 446 g/mol. The fourth-order valence-electron chi connectivity index (χ4n) is 4.84. The zero-order valence-electron chi connectivity index (χ0n) is 21.1. The fraction of sp³-hybridized carbons (Fsp3) is 0.500. The van der Waals surface area contributed by atoms with E-state index in [4.69, 9.17) is 9.47 Å². The van der Waals surface area contributed by atoms with Crippen molar-refractivity contribution in [3.05, 3.63) is 64.2 Å². The number of rotatable bonds is 7. The topological polar surface area (TPSA) is 35.5 Å². The van der Waals surface area contributed by atoms with Gasteiger partial charge in [0.25, 0.3) is 0 Å². The van der Waals surface area contributed by atoms with E-state index in [9.17, 15) is 4.79 Å². The lowest BCUT2D eigenvalue weighted by Crippen LogP contribution is -2.41. The third-order valence-corrected chi connectivity index (χ3v) is 6.23. The summed E-state index contributed by atoms with van der Waals surface area (Å²) in [6, 6.07) is 11.8. The van der Waals surface area contributed by atoms with Gasteiger partial charge in [-0.25, -0.2) is 4.79 Å². The van der Waals surface area contributed by atoms with Gasteiger partial charge in [0.05, 0.1) is 12.2 Å². The zero-order valence-corrected chi connectivity index (χ0v) is 21.1. The summed E-state index contributed by atoms with van der Waals surface area (Å²) in [6.45, 7) is 13.4. The van der Waals surface area contributed by atoms with Crippen molar-refractivity contribution in [3.63, 3.8) is 0 Å². The minimum absolute atomic E-state index is 0.0234. The first-order chi connectivity index (χ1) is 15.6. The SMILES string of the molecule is CCCCCCc1cc2c(cc1C#Cc1ccc(C(=O)OCC)cc1)C(C)(C)CC(C)(C)O2. The summed E-state index contributed by atoms with van der Waals surface area (Å²) in [4.78, 5) is 11.9. The number of aryl methyl sites for hydroxylation is 1. The number of unbranched alkanes of at least 4 members (excludes halogenated alkanes) is 3. The second kappa shape index (κ2) is 10.5. The largest absolute Gasteiger partial charge is 0.488 e. The molecule has 3 rings (SSSR count). The van der Waals surface area contributed by atoms with Gasteiger partial charge < -0.3 is 9.47 Å². The molecule has 0 saturated carbocycles. The van der Waals surface area contributed by atoms with Gasteiger partial charge in [0.1, 0.15) is 11.4 Å². The molecule has 0 aliphatic carbocycles. The lowest BCUT2D eigenvalue weighted by Gasteiger charge is -2.42. The molecule has 2 aromatic rings. The highest BCUT2D eigenvalue weighted by Gasteiger charge is 2.39. The van der Waals surface area contributed by atoms with Gasteiger partial charge in [-0.3, -0.25) is 0 Å². The van der Waals surface area contributed by atoms with Crippen LogP contribution >= 0.6 is 0 Å². The van der Waals surface area contributed by atoms with E-state index >= 15 is 0 Å². The Morgan fingerprint density at radius 2 is 1.73 bits per heavy atom. The van der Waals surface area contributed by atoms with E-state index in [0.29, 0.717) is 12.2 Å². The van der Waals surface area contributed by atoms with Crippen LogP contribution in [0, 0.1) is 11.8 Å². The van der Waals surface area contributed by atoms with E-state index < -0.39 is 0 Å². The van der Waals surface area contributed by atoms with Crippen LogP contribution in [-0.2, 0) is 16.6 Å². The minimum Gasteiger partial charge on any atom is -0.488 e. The first-order valence-electron chi connectivity index (χ1n) is 12.3. The van der Waals surface area contributed by atoms with Crippen LogP contribution in [0.4, 0.5) is 0 Å². The maximum Gasteiger partial charge on any atom is 0.338 e. The number of esters is 1. The van der Waals surface area contributed by atoms with Gasteiger partial charge in [-0.2, -0.15) is 0 Å². The Morgan fingerprint density at radius 1 is 1.00 bits per heavy atom. The van der Waals surface area contributed by atoms with Crippen LogP contribution in [-0.4, -0.2) is 18.2 Å². The summed E-state index contributed by atoms with van der Waals surface area (Å²) in [5.74, 6) is 7.45. The Bertz CT molecular complexity index is 1030. The Hall–Kier alpha value is -2.73. The van der Waals surface area contributed by atoms with Crippen molar-refractivity contribution in [1.82, 2.24) is 0 Å². The predicted molar refractivity (Wildman–Crippen MR) is 135 cm³/mol. The summed E-state index contributed by atoms with van der Waals surface area (Å²) >= 11 is 0. The number of ether oxygens (including phenoxy) is 2. The predicted octanol–water partition coefficient (Wildman–Crippen LogP) is 7.22. The van der Waals surface area contributed by atoms with Crippen molar-refractivity contribution in [2.75, 3.05) is 6.61 Å². The van der Waals surface area contributed by atoms with Crippen molar-refractivity contribution < 1.29 is 14.3 Å². The molecule has 3 heteroatoms. The van der Waals surface area contributed by atoms with E-state index in [1.165, 1.54) is 30.4 Å². The Kier molecular flexibility index (Phi) is 7.90. The van der Waals surface area contributed by atoms with Gasteiger partial charge in [-0.05, 0) is 87.4 Å². The van der Waals surface area contributed by atoms with E-state index in [1.54, 1.807) is 12.1 Å². The summed E-state index contributed by atoms with van der Waals surface area (Å²) in [7, 11) is 0. The first-order valence-corrected chi connectivity index (χ1v) is 12.3. The van der Waals surface area contributed by atoms with Gasteiger partial charge >= 0.3 is 5.97 Å². The second-order valence-electron chi connectivity index (χ2n) is 10.3. The molecule has 0 saturated heterocycles. The van der Waals surface area contributed by atoms with Crippen molar-refractivity contribution >= 4 is 5.97 Å². The van der Waals surface area contributed by atoms with Gasteiger partial charge in [0, 0.05) is 16.7 Å². The van der Waals surface area contributed by atoms with Crippen molar-refractivity contribution in [1.29, 1.82) is 0 Å². The van der Waals surface area contributed by atoms with Gasteiger partial charge in [-0.15, -0.1) is 0 Å². The van der Waals surface area contributed by atoms with Gasteiger partial charge in [-0.1, -0.05) is 51.9 Å². The molecule has 0 bridgehead atoms. The molecule has 1 aliphatic heterocycles. The van der Waals surface area contributed by atoms with E-state index in [1.807, 2.05) is 19.1 Å². The van der Waals surface area contributed by atoms with E-state index in [2.05, 4.69) is 58.6 Å². The lowest BCUT2D eigenvalue weighted by atomic mass is 9.73. The molecule has 2 aromatic carbocycles. The standard InChI is InChI=1S/C30H38O3/c1-7-9-10-11-12-24-20-27-26(29(3,4)21-30(5,6)33-27)19-25(24)18-15-22-13-16-23(17-14-22)28(31)32-8-2/h13-14,16-17,19-20H,7-12,21H2,1-6H3. The molecule has 1 heterocycles. The van der Waals surface area contributed by atoms with Crippen LogP contribution in [0.2, 0.25) is 0 Å². The fourth-order valence-corrected chi connectivity index (χ4v) is 4.84. The average molecular weight is 447 g/mol.